The molecule has 2 rings (SSSR count). The number of rotatable bonds is 4. The molecule has 0 aliphatic rings. The molecule has 100 valence electrons. The minimum absolute atomic E-state index is 0.131. The number of fused-ring (bicyclic) bond motifs is 1. The molecule has 1 unspecified atom stereocenters. The molecule has 0 fully saturated rings. The molecule has 1 aromatic heterocycles. The Morgan fingerprint density at radius 3 is 2.84 bits per heavy atom. The van der Waals surface area contributed by atoms with Crippen LogP contribution in [0.4, 0.5) is 0 Å². The molecule has 0 aliphatic carbocycles. The molecule has 0 aliphatic heterocycles. The number of carboxylic acid groups (broad SMARTS) is 1. The standard InChI is InChI=1S/C13H14N2O3S/c1-8(13(17)18)19-7-15-9(2)14-11-6-4-3-5-10(11)12(15)16/h3-6,8H,7H2,1-2H3,(H,17,18). The first kappa shape index (κ1) is 13.6. The van der Waals surface area contributed by atoms with Crippen molar-refractivity contribution < 1.29 is 9.90 Å². The van der Waals surface area contributed by atoms with Gasteiger partial charge in [0.1, 0.15) is 11.1 Å². The fourth-order valence-corrected chi connectivity index (χ4v) is 2.51. The number of carbonyl (C=O) groups is 1. The minimum atomic E-state index is -0.885. The van der Waals surface area contributed by atoms with E-state index in [-0.39, 0.29) is 11.4 Å². The molecule has 0 bridgehead atoms. The number of para-hydroxylation sites is 1. The largest absolute Gasteiger partial charge is 0.480 e. The van der Waals surface area contributed by atoms with E-state index in [4.69, 9.17) is 5.11 Å². The first-order valence-electron chi connectivity index (χ1n) is 5.81. The molecule has 0 saturated heterocycles. The Morgan fingerprint density at radius 1 is 1.47 bits per heavy atom. The van der Waals surface area contributed by atoms with E-state index in [0.717, 1.165) is 0 Å². The highest BCUT2D eigenvalue weighted by Crippen LogP contribution is 2.14. The number of carboxylic acids is 1. The lowest BCUT2D eigenvalue weighted by molar-refractivity contribution is -0.136. The van der Waals surface area contributed by atoms with Gasteiger partial charge in [-0.05, 0) is 26.0 Å². The summed E-state index contributed by atoms with van der Waals surface area (Å²) in [5.41, 5.74) is 0.533. The molecule has 2 aromatic rings. The van der Waals surface area contributed by atoms with E-state index < -0.39 is 11.2 Å². The Balaban J connectivity index is 2.38. The highest BCUT2D eigenvalue weighted by atomic mass is 32.2. The van der Waals surface area contributed by atoms with Crippen LogP contribution in [-0.4, -0.2) is 25.9 Å². The molecular weight excluding hydrogens is 264 g/mol. The molecular formula is C13H14N2O3S. The van der Waals surface area contributed by atoms with E-state index in [2.05, 4.69) is 4.98 Å². The van der Waals surface area contributed by atoms with E-state index >= 15 is 0 Å². The lowest BCUT2D eigenvalue weighted by Crippen LogP contribution is -2.24. The lowest BCUT2D eigenvalue weighted by Gasteiger charge is -2.12. The fourth-order valence-electron chi connectivity index (χ4n) is 1.69. The molecule has 1 N–H and O–H groups in total. The molecule has 0 saturated carbocycles. The molecule has 0 amide bonds. The van der Waals surface area contributed by atoms with Crippen LogP contribution in [0.3, 0.4) is 0 Å². The van der Waals surface area contributed by atoms with Crippen LogP contribution in [0.25, 0.3) is 10.9 Å². The van der Waals surface area contributed by atoms with Crippen LogP contribution < -0.4 is 5.56 Å². The maximum atomic E-state index is 12.3. The van der Waals surface area contributed by atoms with E-state index in [1.807, 2.05) is 6.07 Å². The summed E-state index contributed by atoms with van der Waals surface area (Å²) in [7, 11) is 0. The smallest absolute Gasteiger partial charge is 0.316 e. The predicted molar refractivity (Wildman–Crippen MR) is 75.4 cm³/mol. The lowest BCUT2D eigenvalue weighted by atomic mass is 10.2. The third kappa shape index (κ3) is 2.78. The van der Waals surface area contributed by atoms with Gasteiger partial charge in [0.05, 0.1) is 16.8 Å². The molecule has 1 aromatic carbocycles. The highest BCUT2D eigenvalue weighted by Gasteiger charge is 2.13. The Morgan fingerprint density at radius 2 is 2.16 bits per heavy atom. The van der Waals surface area contributed by atoms with E-state index in [9.17, 15) is 9.59 Å². The number of benzene rings is 1. The van der Waals surface area contributed by atoms with Crippen LogP contribution in [0.15, 0.2) is 29.1 Å². The Bertz CT molecular complexity index is 681. The van der Waals surface area contributed by atoms with Crippen LogP contribution in [0.1, 0.15) is 12.7 Å². The van der Waals surface area contributed by atoms with Gasteiger partial charge < -0.3 is 5.11 Å². The van der Waals surface area contributed by atoms with Gasteiger partial charge in [-0.3, -0.25) is 14.2 Å². The number of nitrogens with zero attached hydrogens (tertiary/aromatic N) is 2. The van der Waals surface area contributed by atoms with E-state index in [1.54, 1.807) is 32.0 Å². The van der Waals surface area contributed by atoms with Crippen molar-refractivity contribution in [2.45, 2.75) is 25.0 Å². The zero-order valence-electron chi connectivity index (χ0n) is 10.7. The van der Waals surface area contributed by atoms with Crippen LogP contribution in [-0.2, 0) is 10.7 Å². The van der Waals surface area contributed by atoms with Crippen LogP contribution in [0.5, 0.6) is 0 Å². The van der Waals surface area contributed by atoms with Crippen molar-refractivity contribution in [3.8, 4) is 0 Å². The van der Waals surface area contributed by atoms with Crippen LogP contribution >= 0.6 is 11.8 Å². The highest BCUT2D eigenvalue weighted by molar-refractivity contribution is 7.99. The number of hydrogen-bond donors (Lipinski definition) is 1. The second-order valence-electron chi connectivity index (χ2n) is 4.19. The predicted octanol–water partition coefficient (Wildman–Crippen LogP) is 1.87. The van der Waals surface area contributed by atoms with Gasteiger partial charge in [-0.1, -0.05) is 12.1 Å². The summed E-state index contributed by atoms with van der Waals surface area (Å²) in [4.78, 5) is 27.4. The zero-order valence-corrected chi connectivity index (χ0v) is 11.5. The first-order valence-corrected chi connectivity index (χ1v) is 6.86. The second-order valence-corrected chi connectivity index (χ2v) is 5.48. The molecule has 19 heavy (non-hydrogen) atoms. The minimum Gasteiger partial charge on any atom is -0.480 e. The Labute approximate surface area is 114 Å². The second kappa shape index (κ2) is 5.44. The molecule has 5 nitrogen and oxygen atoms in total. The number of aliphatic carboxylic acids is 1. The van der Waals surface area contributed by atoms with Gasteiger partial charge >= 0.3 is 5.97 Å². The summed E-state index contributed by atoms with van der Waals surface area (Å²) in [5, 5.41) is 8.84. The summed E-state index contributed by atoms with van der Waals surface area (Å²) in [5.74, 6) is -0.00563. The summed E-state index contributed by atoms with van der Waals surface area (Å²) in [6.45, 7) is 3.35. The third-order valence-corrected chi connectivity index (χ3v) is 3.96. The van der Waals surface area contributed by atoms with Gasteiger partial charge in [-0.2, -0.15) is 0 Å². The van der Waals surface area contributed by atoms with Gasteiger partial charge in [0.15, 0.2) is 0 Å². The molecule has 1 heterocycles. The van der Waals surface area contributed by atoms with Crippen molar-refractivity contribution in [1.82, 2.24) is 9.55 Å². The number of aromatic nitrogens is 2. The quantitative estimate of drug-likeness (QED) is 0.924. The molecule has 1 atom stereocenters. The number of thioether (sulfide) groups is 1. The summed E-state index contributed by atoms with van der Waals surface area (Å²) >= 11 is 1.20. The topological polar surface area (TPSA) is 72.2 Å². The monoisotopic (exact) mass is 278 g/mol. The van der Waals surface area contributed by atoms with Crippen molar-refractivity contribution in [3.05, 3.63) is 40.4 Å². The maximum absolute atomic E-state index is 12.3. The third-order valence-electron chi connectivity index (χ3n) is 2.85. The van der Waals surface area contributed by atoms with Gasteiger partial charge in [0.25, 0.3) is 5.56 Å². The Kier molecular flexibility index (Phi) is 3.90. The SMILES string of the molecule is Cc1nc2ccccc2c(=O)n1CSC(C)C(=O)O. The van der Waals surface area contributed by atoms with Crippen molar-refractivity contribution in [2.24, 2.45) is 0 Å². The van der Waals surface area contributed by atoms with Crippen molar-refractivity contribution in [2.75, 3.05) is 0 Å². The molecule has 0 radical (unpaired) electrons. The van der Waals surface area contributed by atoms with Crippen molar-refractivity contribution in [3.63, 3.8) is 0 Å². The normalized spacial score (nSPS) is 12.5. The Hall–Kier alpha value is -1.82. The first-order chi connectivity index (χ1) is 9.00. The van der Waals surface area contributed by atoms with E-state index in [1.165, 1.54) is 16.3 Å². The summed E-state index contributed by atoms with van der Waals surface area (Å²) in [6, 6.07) is 7.14. The summed E-state index contributed by atoms with van der Waals surface area (Å²) in [6.07, 6.45) is 0. The van der Waals surface area contributed by atoms with Gasteiger partial charge in [-0.15, -0.1) is 11.8 Å². The molecule has 6 heteroatoms. The summed E-state index contributed by atoms with van der Waals surface area (Å²) < 4.78 is 1.51. The number of aryl methyl sites for hydroxylation is 1. The van der Waals surface area contributed by atoms with Crippen LogP contribution in [0.2, 0.25) is 0 Å². The maximum Gasteiger partial charge on any atom is 0.316 e. The van der Waals surface area contributed by atoms with E-state index in [0.29, 0.717) is 16.7 Å². The van der Waals surface area contributed by atoms with Gasteiger partial charge in [0.2, 0.25) is 0 Å². The van der Waals surface area contributed by atoms with Gasteiger partial charge in [0, 0.05) is 0 Å². The van der Waals surface area contributed by atoms with Crippen LogP contribution in [0, 0.1) is 6.92 Å². The average Bonchev–Trinajstić information content (AvgIpc) is 2.38. The number of hydrogen-bond acceptors (Lipinski definition) is 4. The zero-order chi connectivity index (χ0) is 14.0. The van der Waals surface area contributed by atoms with Crippen molar-refractivity contribution in [1.29, 1.82) is 0 Å². The average molecular weight is 278 g/mol. The molecule has 0 spiro atoms. The van der Waals surface area contributed by atoms with Gasteiger partial charge in [-0.25, -0.2) is 4.98 Å². The van der Waals surface area contributed by atoms with Crippen molar-refractivity contribution >= 4 is 28.6 Å². The fraction of sp³-hybridized carbons (Fsp3) is 0.308.